The van der Waals surface area contributed by atoms with Gasteiger partial charge in [-0.05, 0) is 38.5 Å². The smallest absolute Gasteiger partial charge is 0.306 e. The van der Waals surface area contributed by atoms with Gasteiger partial charge < -0.3 is 14.2 Å². The minimum Gasteiger partial charge on any atom is -0.462 e. The number of allylic oxidation sites excluding steroid dienone is 2. The summed E-state index contributed by atoms with van der Waals surface area (Å²) >= 11 is 0. The van der Waals surface area contributed by atoms with Crippen LogP contribution < -0.4 is 0 Å². The Bertz CT molecular complexity index is 978. The molecule has 0 saturated carbocycles. The Kier molecular flexibility index (Phi) is 51.2. The maximum absolute atomic E-state index is 12.7. The third-order valence-electron chi connectivity index (χ3n) is 12.8. The number of ether oxygens (including phenoxy) is 3. The second kappa shape index (κ2) is 52.8. The molecule has 6 nitrogen and oxygen atoms in total. The molecule has 0 aromatic rings. The van der Waals surface area contributed by atoms with Gasteiger partial charge in [0.15, 0.2) is 6.10 Å². The Morgan fingerprint density at radius 1 is 0.302 bits per heavy atom. The molecule has 372 valence electrons. The average Bonchev–Trinajstić information content (AvgIpc) is 3.28. The number of esters is 3. The van der Waals surface area contributed by atoms with Crippen LogP contribution in [-0.2, 0) is 28.6 Å². The van der Waals surface area contributed by atoms with E-state index < -0.39 is 6.10 Å². The van der Waals surface area contributed by atoms with E-state index in [2.05, 4.69) is 32.9 Å². The first kappa shape index (κ1) is 61.1. The molecule has 1 atom stereocenters. The van der Waals surface area contributed by atoms with Crippen LogP contribution in [0.3, 0.4) is 0 Å². The second-order valence-corrected chi connectivity index (χ2v) is 19.2. The van der Waals surface area contributed by atoms with Crippen LogP contribution in [0.2, 0.25) is 0 Å². The maximum atomic E-state index is 12.7. The molecule has 63 heavy (non-hydrogen) atoms. The van der Waals surface area contributed by atoms with Gasteiger partial charge in [0.1, 0.15) is 13.2 Å². The molecule has 0 saturated heterocycles. The molecule has 0 fully saturated rings. The monoisotopic (exact) mass is 889 g/mol. The van der Waals surface area contributed by atoms with E-state index in [1.807, 2.05) is 0 Å². The van der Waals surface area contributed by atoms with Crippen LogP contribution >= 0.6 is 0 Å². The predicted molar refractivity (Wildman–Crippen MR) is 270 cm³/mol. The fourth-order valence-corrected chi connectivity index (χ4v) is 8.49. The molecule has 0 amide bonds. The van der Waals surface area contributed by atoms with E-state index in [1.54, 1.807) is 0 Å². The van der Waals surface area contributed by atoms with Gasteiger partial charge in [0, 0.05) is 19.3 Å². The molecular weight excluding hydrogens is 781 g/mol. The van der Waals surface area contributed by atoms with Gasteiger partial charge in [-0.3, -0.25) is 14.4 Å². The van der Waals surface area contributed by atoms with E-state index in [-0.39, 0.29) is 31.1 Å². The molecule has 0 aromatic carbocycles. The number of rotatable bonds is 52. The van der Waals surface area contributed by atoms with Crippen LogP contribution in [0.1, 0.15) is 316 Å². The number of carbonyl (C=O) groups is 3. The van der Waals surface area contributed by atoms with Gasteiger partial charge in [-0.2, -0.15) is 0 Å². The van der Waals surface area contributed by atoms with E-state index in [0.717, 1.165) is 64.2 Å². The van der Waals surface area contributed by atoms with Gasteiger partial charge in [-0.25, -0.2) is 0 Å². The van der Waals surface area contributed by atoms with Crippen LogP contribution in [0.15, 0.2) is 12.2 Å². The van der Waals surface area contributed by atoms with Crippen molar-refractivity contribution in [2.75, 3.05) is 13.2 Å². The van der Waals surface area contributed by atoms with Crippen LogP contribution in [-0.4, -0.2) is 37.2 Å². The van der Waals surface area contributed by atoms with Crippen molar-refractivity contribution in [2.45, 2.75) is 322 Å². The Hall–Kier alpha value is -1.85. The quantitative estimate of drug-likeness (QED) is 0.0262. The largest absolute Gasteiger partial charge is 0.462 e. The highest BCUT2D eigenvalue weighted by molar-refractivity contribution is 5.71. The van der Waals surface area contributed by atoms with Crippen molar-refractivity contribution in [3.05, 3.63) is 12.2 Å². The minimum atomic E-state index is -0.766. The third-order valence-corrected chi connectivity index (χ3v) is 12.8. The van der Waals surface area contributed by atoms with Crippen LogP contribution in [0.5, 0.6) is 0 Å². The van der Waals surface area contributed by atoms with E-state index in [4.69, 9.17) is 14.2 Å². The van der Waals surface area contributed by atoms with Gasteiger partial charge in [0.2, 0.25) is 0 Å². The lowest BCUT2D eigenvalue weighted by Crippen LogP contribution is -2.30. The molecule has 6 heteroatoms. The summed E-state index contributed by atoms with van der Waals surface area (Å²) in [5.41, 5.74) is 0. The fraction of sp³-hybridized carbons (Fsp3) is 0.912. The Balaban J connectivity index is 3.98. The van der Waals surface area contributed by atoms with Crippen molar-refractivity contribution in [3.8, 4) is 0 Å². The van der Waals surface area contributed by atoms with Crippen LogP contribution in [0.25, 0.3) is 0 Å². The molecule has 0 aliphatic rings. The first-order valence-corrected chi connectivity index (χ1v) is 28.2. The van der Waals surface area contributed by atoms with E-state index >= 15 is 0 Å². The summed E-state index contributed by atoms with van der Waals surface area (Å²) in [6.07, 6.45) is 59.6. The van der Waals surface area contributed by atoms with Crippen molar-refractivity contribution >= 4 is 17.9 Å². The standard InChI is InChI=1S/C57H108O6/c1-4-7-10-13-16-18-20-21-22-23-24-25-26-27-28-29-30-31-32-33-34-35-37-38-41-44-47-50-56(59)62-53-54(52-61-55(58)49-46-43-40-15-12-9-6-3)63-57(60)51-48-45-42-39-36-19-17-14-11-8-5-2/h14,17,54H,4-13,15-16,18-53H2,1-3H3/b17-14-. The molecule has 0 bridgehead atoms. The van der Waals surface area contributed by atoms with Crippen LogP contribution in [0.4, 0.5) is 0 Å². The number of carbonyl (C=O) groups excluding carboxylic acids is 3. The lowest BCUT2D eigenvalue weighted by Gasteiger charge is -2.18. The number of hydrogen-bond acceptors (Lipinski definition) is 6. The van der Waals surface area contributed by atoms with Crippen molar-refractivity contribution < 1.29 is 28.6 Å². The lowest BCUT2D eigenvalue weighted by molar-refractivity contribution is -0.167. The Morgan fingerprint density at radius 2 is 0.540 bits per heavy atom. The lowest BCUT2D eigenvalue weighted by atomic mass is 10.0. The Labute approximate surface area is 392 Å². The number of unbranched alkanes of at least 4 members (excludes halogenated alkanes) is 39. The molecule has 0 aliphatic carbocycles. The molecule has 1 unspecified atom stereocenters. The topological polar surface area (TPSA) is 78.9 Å². The molecule has 0 heterocycles. The zero-order valence-electron chi connectivity index (χ0n) is 42.6. The molecule has 0 aliphatic heterocycles. The first-order valence-electron chi connectivity index (χ1n) is 28.2. The Morgan fingerprint density at radius 3 is 0.841 bits per heavy atom. The van der Waals surface area contributed by atoms with Gasteiger partial charge >= 0.3 is 17.9 Å². The average molecular weight is 889 g/mol. The van der Waals surface area contributed by atoms with Crippen molar-refractivity contribution in [2.24, 2.45) is 0 Å². The zero-order valence-corrected chi connectivity index (χ0v) is 42.6. The summed E-state index contributed by atoms with van der Waals surface area (Å²) in [5.74, 6) is -0.870. The molecule has 0 spiro atoms. The summed E-state index contributed by atoms with van der Waals surface area (Å²) in [5, 5.41) is 0. The van der Waals surface area contributed by atoms with E-state index in [0.29, 0.717) is 19.3 Å². The summed E-state index contributed by atoms with van der Waals surface area (Å²) in [4.78, 5) is 37.8. The summed E-state index contributed by atoms with van der Waals surface area (Å²) in [6, 6.07) is 0. The van der Waals surface area contributed by atoms with Crippen LogP contribution in [0, 0.1) is 0 Å². The third kappa shape index (κ3) is 51.0. The normalized spacial score (nSPS) is 12.0. The van der Waals surface area contributed by atoms with E-state index in [1.165, 1.54) is 212 Å². The molecule has 0 radical (unpaired) electrons. The fourth-order valence-electron chi connectivity index (χ4n) is 8.49. The molecular formula is C57H108O6. The van der Waals surface area contributed by atoms with Crippen molar-refractivity contribution in [1.29, 1.82) is 0 Å². The van der Waals surface area contributed by atoms with Crippen molar-refractivity contribution in [3.63, 3.8) is 0 Å². The highest BCUT2D eigenvalue weighted by atomic mass is 16.6. The SMILES string of the molecule is CCCC/C=C\CCCCCCCC(=O)OC(COC(=O)CCCCCCCCC)COC(=O)CCCCCCCCCCCCCCCCCCCCCCCCCCCCC. The van der Waals surface area contributed by atoms with Crippen molar-refractivity contribution in [1.82, 2.24) is 0 Å². The van der Waals surface area contributed by atoms with Gasteiger partial charge in [0.05, 0.1) is 0 Å². The number of hydrogen-bond donors (Lipinski definition) is 0. The second-order valence-electron chi connectivity index (χ2n) is 19.2. The zero-order chi connectivity index (χ0) is 45.8. The molecule has 0 rings (SSSR count). The maximum Gasteiger partial charge on any atom is 0.306 e. The van der Waals surface area contributed by atoms with Gasteiger partial charge in [0.25, 0.3) is 0 Å². The highest BCUT2D eigenvalue weighted by Gasteiger charge is 2.19. The van der Waals surface area contributed by atoms with Gasteiger partial charge in [-0.15, -0.1) is 0 Å². The summed E-state index contributed by atoms with van der Waals surface area (Å²) in [6.45, 7) is 6.59. The van der Waals surface area contributed by atoms with E-state index in [9.17, 15) is 14.4 Å². The molecule has 0 aromatic heterocycles. The minimum absolute atomic E-state index is 0.0689. The first-order chi connectivity index (χ1) is 31.0. The van der Waals surface area contributed by atoms with Gasteiger partial charge in [-0.1, -0.05) is 270 Å². The summed E-state index contributed by atoms with van der Waals surface area (Å²) < 4.78 is 16.7. The molecule has 0 N–H and O–H groups in total. The predicted octanol–water partition coefficient (Wildman–Crippen LogP) is 18.5. The highest BCUT2D eigenvalue weighted by Crippen LogP contribution is 2.17. The summed E-state index contributed by atoms with van der Waals surface area (Å²) in [7, 11) is 0.